The molecular weight excluding hydrogens is 312 g/mol. The average Bonchev–Trinajstić information content (AvgIpc) is 2.56. The summed E-state index contributed by atoms with van der Waals surface area (Å²) >= 11 is 0. The Morgan fingerprint density at radius 2 is 1.88 bits per heavy atom. The van der Waals surface area contributed by atoms with Crippen molar-refractivity contribution in [3.63, 3.8) is 0 Å². The fourth-order valence-electron chi connectivity index (χ4n) is 3.34. The number of hydrogen-bond acceptors (Lipinski definition) is 5. The number of nitrogens with zero attached hydrogens (tertiary/aromatic N) is 1. The van der Waals surface area contributed by atoms with Crippen molar-refractivity contribution in [1.82, 2.24) is 10.6 Å². The zero-order valence-electron chi connectivity index (χ0n) is 13.2. The Morgan fingerprint density at radius 3 is 2.54 bits per heavy atom. The molecule has 1 aromatic carbocycles. The number of amides is 2. The molecule has 3 atom stereocenters. The summed E-state index contributed by atoms with van der Waals surface area (Å²) in [4.78, 5) is 34.4. The quantitative estimate of drug-likeness (QED) is 0.568. The van der Waals surface area contributed by atoms with E-state index in [1.165, 1.54) is 24.3 Å². The molecule has 8 heteroatoms. The highest BCUT2D eigenvalue weighted by atomic mass is 16.6. The maximum Gasteiger partial charge on any atom is 0.269 e. The van der Waals surface area contributed by atoms with Gasteiger partial charge >= 0.3 is 0 Å². The van der Waals surface area contributed by atoms with E-state index < -0.39 is 11.0 Å². The second kappa shape index (κ2) is 6.96. The van der Waals surface area contributed by atoms with Gasteiger partial charge in [-0.2, -0.15) is 0 Å². The monoisotopic (exact) mass is 332 g/mol. The van der Waals surface area contributed by atoms with Crippen LogP contribution in [0.5, 0.6) is 0 Å². The van der Waals surface area contributed by atoms with E-state index in [1.807, 2.05) is 0 Å². The molecule has 1 aromatic rings. The zero-order valence-corrected chi connectivity index (χ0v) is 13.2. The lowest BCUT2D eigenvalue weighted by atomic mass is 9.87. The number of rotatable bonds is 4. The number of nitro benzene ring substituents is 1. The highest BCUT2D eigenvalue weighted by Crippen LogP contribution is 2.22. The number of carbonyl (C=O) groups is 2. The number of non-ortho nitro benzene ring substituents is 1. The van der Waals surface area contributed by atoms with Gasteiger partial charge in [0.1, 0.15) is 0 Å². The summed E-state index contributed by atoms with van der Waals surface area (Å²) in [6, 6.07) is 5.46. The first-order valence-corrected chi connectivity index (χ1v) is 8.13. The summed E-state index contributed by atoms with van der Waals surface area (Å²) in [6.45, 7) is 0. The fourth-order valence-corrected chi connectivity index (χ4v) is 3.34. The van der Waals surface area contributed by atoms with Gasteiger partial charge in [-0.25, -0.2) is 0 Å². The van der Waals surface area contributed by atoms with Crippen LogP contribution in [0.2, 0.25) is 0 Å². The minimum Gasteiger partial charge on any atom is -0.350 e. The molecule has 2 aliphatic rings. The highest BCUT2D eigenvalue weighted by molar-refractivity contribution is 5.95. The van der Waals surface area contributed by atoms with Crippen LogP contribution >= 0.6 is 0 Å². The number of anilines is 1. The molecule has 2 amide bonds. The molecule has 3 N–H and O–H groups in total. The van der Waals surface area contributed by atoms with Crippen LogP contribution in [0.15, 0.2) is 24.3 Å². The topological polar surface area (TPSA) is 113 Å². The number of fused-ring (bicyclic) bond motifs is 1. The van der Waals surface area contributed by atoms with Gasteiger partial charge in [-0.1, -0.05) is 12.8 Å². The SMILES string of the molecule is O=C(C[C@@H]1N[C@@H]2CCCC[C@H]2NC1=O)Nc1ccc([N+](=O)[O-])cc1. The first-order chi connectivity index (χ1) is 11.5. The Balaban J connectivity index is 1.56. The third-order valence-electron chi connectivity index (χ3n) is 4.58. The molecule has 0 radical (unpaired) electrons. The molecule has 1 saturated heterocycles. The molecular formula is C16H20N4O4. The van der Waals surface area contributed by atoms with E-state index in [1.54, 1.807) is 0 Å². The number of hydrogen-bond donors (Lipinski definition) is 3. The van der Waals surface area contributed by atoms with Crippen molar-refractivity contribution in [2.45, 2.75) is 50.2 Å². The van der Waals surface area contributed by atoms with Crippen molar-refractivity contribution in [2.75, 3.05) is 5.32 Å². The van der Waals surface area contributed by atoms with E-state index in [9.17, 15) is 19.7 Å². The summed E-state index contributed by atoms with van der Waals surface area (Å²) in [7, 11) is 0. The second-order valence-electron chi connectivity index (χ2n) is 6.28. The minimum absolute atomic E-state index is 0.0338. The van der Waals surface area contributed by atoms with E-state index in [-0.39, 0.29) is 36.0 Å². The van der Waals surface area contributed by atoms with Gasteiger partial charge in [0.05, 0.1) is 17.4 Å². The molecule has 8 nitrogen and oxygen atoms in total. The molecule has 0 spiro atoms. The van der Waals surface area contributed by atoms with Crippen LogP contribution in [0.3, 0.4) is 0 Å². The summed E-state index contributed by atoms with van der Waals surface area (Å²) in [5.41, 5.74) is 0.432. The predicted octanol–water partition coefficient (Wildman–Crippen LogP) is 1.32. The van der Waals surface area contributed by atoms with Crippen molar-refractivity contribution < 1.29 is 14.5 Å². The fraction of sp³-hybridized carbons (Fsp3) is 0.500. The normalized spacial score (nSPS) is 26.2. The lowest BCUT2D eigenvalue weighted by Gasteiger charge is -2.40. The van der Waals surface area contributed by atoms with Crippen molar-refractivity contribution in [3.05, 3.63) is 34.4 Å². The molecule has 1 aliphatic heterocycles. The van der Waals surface area contributed by atoms with E-state index in [4.69, 9.17) is 0 Å². The van der Waals surface area contributed by atoms with Gasteiger partial charge in [0.25, 0.3) is 5.69 Å². The van der Waals surface area contributed by atoms with Crippen LogP contribution in [0.1, 0.15) is 32.1 Å². The number of benzene rings is 1. The summed E-state index contributed by atoms with van der Waals surface area (Å²) in [5.74, 6) is -0.442. The van der Waals surface area contributed by atoms with Crippen molar-refractivity contribution in [3.8, 4) is 0 Å². The zero-order chi connectivity index (χ0) is 17.1. The van der Waals surface area contributed by atoms with Crippen LogP contribution in [0.4, 0.5) is 11.4 Å². The van der Waals surface area contributed by atoms with E-state index in [0.717, 1.165) is 25.7 Å². The Bertz CT molecular complexity index is 646. The van der Waals surface area contributed by atoms with E-state index in [0.29, 0.717) is 5.69 Å². The second-order valence-corrected chi connectivity index (χ2v) is 6.28. The molecule has 2 fully saturated rings. The molecule has 0 bridgehead atoms. The van der Waals surface area contributed by atoms with Gasteiger partial charge < -0.3 is 16.0 Å². The molecule has 0 unspecified atom stereocenters. The van der Waals surface area contributed by atoms with E-state index in [2.05, 4.69) is 16.0 Å². The number of nitro groups is 1. The molecule has 24 heavy (non-hydrogen) atoms. The predicted molar refractivity (Wildman–Crippen MR) is 87.5 cm³/mol. The van der Waals surface area contributed by atoms with Crippen molar-refractivity contribution in [1.29, 1.82) is 0 Å². The summed E-state index contributed by atoms with van der Waals surface area (Å²) in [5, 5.41) is 19.6. The van der Waals surface area contributed by atoms with E-state index >= 15 is 0 Å². The third-order valence-corrected chi connectivity index (χ3v) is 4.58. The third kappa shape index (κ3) is 3.70. The Hall–Kier alpha value is -2.48. The summed E-state index contributed by atoms with van der Waals surface area (Å²) in [6.07, 6.45) is 4.27. The first kappa shape index (κ1) is 16.4. The molecule has 128 valence electrons. The molecule has 1 aliphatic carbocycles. The van der Waals surface area contributed by atoms with Crippen LogP contribution in [0, 0.1) is 10.1 Å². The van der Waals surface area contributed by atoms with Gasteiger partial charge in [0, 0.05) is 29.9 Å². The minimum atomic E-state index is -0.539. The number of carbonyl (C=O) groups excluding carboxylic acids is 2. The van der Waals surface area contributed by atoms with Gasteiger partial charge in [-0.15, -0.1) is 0 Å². The average molecular weight is 332 g/mol. The number of piperazine rings is 1. The lowest BCUT2D eigenvalue weighted by molar-refractivity contribution is -0.384. The Kier molecular flexibility index (Phi) is 4.75. The summed E-state index contributed by atoms with van der Waals surface area (Å²) < 4.78 is 0. The van der Waals surface area contributed by atoms with Gasteiger partial charge in [0.2, 0.25) is 11.8 Å². The van der Waals surface area contributed by atoms with Crippen molar-refractivity contribution in [2.24, 2.45) is 0 Å². The molecule has 0 aromatic heterocycles. The highest BCUT2D eigenvalue weighted by Gasteiger charge is 2.36. The lowest BCUT2D eigenvalue weighted by Crippen LogP contribution is -2.65. The Morgan fingerprint density at radius 1 is 1.21 bits per heavy atom. The van der Waals surface area contributed by atoms with Crippen LogP contribution in [-0.2, 0) is 9.59 Å². The largest absolute Gasteiger partial charge is 0.350 e. The Labute approximate surface area is 139 Å². The van der Waals surface area contributed by atoms with Gasteiger partial charge in [0.15, 0.2) is 0 Å². The standard InChI is InChI=1S/C16H20N4O4/c21-15(17-10-5-7-11(8-6-10)20(23)24)9-14-16(22)19-13-4-2-1-3-12(13)18-14/h5-8,12-14,18H,1-4,9H2,(H,17,21)(H,19,22)/t12-,13-,14+/m1/s1. The molecule has 3 rings (SSSR count). The molecule has 1 heterocycles. The van der Waals surface area contributed by atoms with Gasteiger partial charge in [-0.05, 0) is 25.0 Å². The van der Waals surface area contributed by atoms with Crippen LogP contribution in [0.25, 0.3) is 0 Å². The van der Waals surface area contributed by atoms with Crippen LogP contribution < -0.4 is 16.0 Å². The molecule has 1 saturated carbocycles. The number of nitrogens with one attached hydrogen (secondary N) is 3. The maximum absolute atomic E-state index is 12.1. The smallest absolute Gasteiger partial charge is 0.269 e. The maximum atomic E-state index is 12.1. The van der Waals surface area contributed by atoms with Crippen LogP contribution in [-0.4, -0.2) is 34.9 Å². The van der Waals surface area contributed by atoms with Crippen molar-refractivity contribution >= 4 is 23.2 Å². The first-order valence-electron chi connectivity index (χ1n) is 8.13. The van der Waals surface area contributed by atoms with Gasteiger partial charge in [-0.3, -0.25) is 19.7 Å².